The number of phenolic OH excluding ortho intramolecular Hbond substituents is 1. The molecule has 5 rings (SSSR count). The number of ketones is 2. The lowest BCUT2D eigenvalue weighted by Crippen LogP contribution is -2.63. The number of likely N-dealkylation sites (N-methyl/N-ethyl adjacent to an activating group) is 1. The average molecular weight is 581 g/mol. The number of carbonyl (C=O) groups is 3. The normalized spacial score (nSPS) is 28.1. The van der Waals surface area contributed by atoms with E-state index in [1.54, 1.807) is 49.0 Å². The summed E-state index contributed by atoms with van der Waals surface area (Å²) in [5, 5.41) is 46.1. The van der Waals surface area contributed by atoms with Gasteiger partial charge in [0.2, 0.25) is 5.78 Å². The number of allylic oxidation sites excluding steroid dienone is 2. The monoisotopic (exact) mass is 580 g/mol. The second-order valence-corrected chi connectivity index (χ2v) is 12.6. The Bertz CT molecular complexity index is 1470. The predicted molar refractivity (Wildman–Crippen MR) is 156 cm³/mol. The molecule has 0 bridgehead atoms. The fraction of sp³-hybridized carbons (Fsp3) is 0.516. The van der Waals surface area contributed by atoms with Crippen LogP contribution in [0.4, 0.5) is 5.69 Å². The van der Waals surface area contributed by atoms with E-state index >= 15 is 0 Å². The number of Topliss-reactive ketones (excluding diaryl/α,β-unsaturated/α-hetero) is 2. The second kappa shape index (κ2) is 10.2. The molecule has 0 radical (unpaired) electrons. The summed E-state index contributed by atoms with van der Waals surface area (Å²) in [7, 11) is 6.88. The van der Waals surface area contributed by atoms with Crippen molar-refractivity contribution in [1.82, 2.24) is 9.80 Å². The Morgan fingerprint density at radius 2 is 1.74 bits per heavy atom. The Hall–Kier alpha value is -3.83. The smallest absolute Gasteiger partial charge is 0.257 e. The van der Waals surface area contributed by atoms with E-state index in [1.807, 2.05) is 0 Å². The molecule has 1 saturated heterocycles. The summed E-state index contributed by atoms with van der Waals surface area (Å²) in [6.45, 7) is 6.77. The van der Waals surface area contributed by atoms with Gasteiger partial charge >= 0.3 is 0 Å². The molecule has 1 aromatic rings. The van der Waals surface area contributed by atoms with Crippen molar-refractivity contribution in [1.29, 1.82) is 0 Å². The molecule has 0 spiro atoms. The van der Waals surface area contributed by atoms with Crippen LogP contribution in [0.1, 0.15) is 52.5 Å². The number of likely N-dealkylation sites (tertiary alicyclic amines) is 1. The van der Waals surface area contributed by atoms with Gasteiger partial charge in [0.1, 0.15) is 17.3 Å². The van der Waals surface area contributed by atoms with Crippen LogP contribution in [0.25, 0.3) is 0 Å². The Labute approximate surface area is 245 Å². The highest BCUT2D eigenvalue weighted by atomic mass is 16.3. The fourth-order valence-electron chi connectivity index (χ4n) is 7.32. The standard InChI is InChI=1S/C31H40N4O7/c1-14-7-9-35(10-8-14)30(41)18-13-20(33(3)4)17-11-16-12-19-24(34(5)6)27(38)21(15(2)32)28(39)31(19,42)29(40)22(16)26(37)23(17)25(18)36/h13-14,16,19,24,36,38,40,42H,2,7-12,32H2,1,3-6H3/t16?,19-,24?,31+/m0/s1. The third-order valence-electron chi connectivity index (χ3n) is 9.56. The van der Waals surface area contributed by atoms with E-state index in [2.05, 4.69) is 13.5 Å². The third kappa shape index (κ3) is 4.12. The molecule has 4 atom stereocenters. The Kier molecular flexibility index (Phi) is 7.18. The van der Waals surface area contributed by atoms with Gasteiger partial charge in [-0.1, -0.05) is 13.5 Å². The predicted octanol–water partition coefficient (Wildman–Crippen LogP) is 2.05. The van der Waals surface area contributed by atoms with Crippen LogP contribution in [0.2, 0.25) is 0 Å². The highest BCUT2D eigenvalue weighted by Crippen LogP contribution is 2.53. The molecule has 11 heteroatoms. The zero-order valence-corrected chi connectivity index (χ0v) is 24.8. The molecule has 11 nitrogen and oxygen atoms in total. The number of nitrogens with zero attached hydrogens (tertiary/aromatic N) is 3. The summed E-state index contributed by atoms with van der Waals surface area (Å²) in [6.07, 6.45) is 1.94. The number of benzene rings is 1. The van der Waals surface area contributed by atoms with Crippen LogP contribution in [-0.2, 0) is 11.2 Å². The number of piperidine rings is 1. The first-order chi connectivity index (χ1) is 19.6. The number of carbonyl (C=O) groups excluding carboxylic acids is 3. The van der Waals surface area contributed by atoms with Gasteiger partial charge in [-0.15, -0.1) is 0 Å². The highest BCUT2D eigenvalue weighted by molar-refractivity contribution is 6.18. The van der Waals surface area contributed by atoms with Gasteiger partial charge in [-0.25, -0.2) is 0 Å². The topological polar surface area (TPSA) is 168 Å². The van der Waals surface area contributed by atoms with Gasteiger partial charge in [0, 0.05) is 50.1 Å². The van der Waals surface area contributed by atoms with E-state index in [4.69, 9.17) is 5.73 Å². The van der Waals surface area contributed by atoms with Crippen LogP contribution < -0.4 is 10.6 Å². The molecular weight excluding hydrogens is 540 g/mol. The molecule has 4 aliphatic rings. The lowest BCUT2D eigenvalue weighted by molar-refractivity contribution is -0.146. The SMILES string of the molecule is C=C(N)C1=C(O)C(N(C)C)[C@@H]2CC3Cc4c(N(C)C)cc(C(=O)N5CCC(C)CC5)c(O)c4C(=O)C3=C(O)[C@]2(O)C1=O. The molecule has 2 unspecified atom stereocenters. The van der Waals surface area contributed by atoms with Gasteiger partial charge in [-0.2, -0.15) is 0 Å². The van der Waals surface area contributed by atoms with Gasteiger partial charge in [0.05, 0.1) is 22.7 Å². The quantitative estimate of drug-likeness (QED) is 0.355. The zero-order valence-electron chi connectivity index (χ0n) is 24.8. The molecule has 1 fully saturated rings. The van der Waals surface area contributed by atoms with Crippen molar-refractivity contribution in [2.24, 2.45) is 23.5 Å². The first kappa shape index (κ1) is 29.7. The van der Waals surface area contributed by atoms with Crippen molar-refractivity contribution in [3.05, 3.63) is 57.7 Å². The summed E-state index contributed by atoms with van der Waals surface area (Å²) < 4.78 is 0. The zero-order chi connectivity index (χ0) is 31.0. The van der Waals surface area contributed by atoms with E-state index in [0.29, 0.717) is 30.3 Å². The van der Waals surface area contributed by atoms with Crippen LogP contribution in [0.15, 0.2) is 41.0 Å². The molecule has 1 heterocycles. The molecule has 1 aliphatic heterocycles. The Morgan fingerprint density at radius 3 is 2.29 bits per heavy atom. The molecule has 1 aromatic carbocycles. The number of hydrogen-bond donors (Lipinski definition) is 5. The highest BCUT2D eigenvalue weighted by Gasteiger charge is 2.62. The number of hydrogen-bond acceptors (Lipinski definition) is 10. The average Bonchev–Trinajstić information content (AvgIpc) is 2.90. The lowest BCUT2D eigenvalue weighted by Gasteiger charge is -2.50. The van der Waals surface area contributed by atoms with Crippen LogP contribution in [0.3, 0.4) is 0 Å². The van der Waals surface area contributed by atoms with Crippen LogP contribution in [-0.4, -0.2) is 101 Å². The van der Waals surface area contributed by atoms with Crippen molar-refractivity contribution in [3.8, 4) is 5.75 Å². The van der Waals surface area contributed by atoms with E-state index in [-0.39, 0.29) is 46.9 Å². The number of fused-ring (bicyclic) bond motifs is 3. The van der Waals surface area contributed by atoms with Crippen molar-refractivity contribution in [2.75, 3.05) is 46.2 Å². The minimum absolute atomic E-state index is 0.0118. The van der Waals surface area contributed by atoms with E-state index in [1.165, 1.54) is 0 Å². The summed E-state index contributed by atoms with van der Waals surface area (Å²) in [5.41, 5.74) is 3.37. The number of nitrogens with two attached hydrogens (primary N) is 1. The summed E-state index contributed by atoms with van der Waals surface area (Å²) in [6, 6.07) is 0.702. The molecule has 6 N–H and O–H groups in total. The molecule has 1 amide bonds. The van der Waals surface area contributed by atoms with Gasteiger partial charge < -0.3 is 36.0 Å². The molecule has 3 aliphatic carbocycles. The maximum absolute atomic E-state index is 14.2. The van der Waals surface area contributed by atoms with Gasteiger partial charge in [0.15, 0.2) is 11.4 Å². The van der Waals surface area contributed by atoms with Crippen LogP contribution >= 0.6 is 0 Å². The number of anilines is 1. The largest absolute Gasteiger partial charge is 0.510 e. The van der Waals surface area contributed by atoms with Crippen molar-refractivity contribution in [2.45, 2.75) is 44.2 Å². The third-order valence-corrected chi connectivity index (χ3v) is 9.56. The molecule has 226 valence electrons. The molecule has 0 saturated carbocycles. The van der Waals surface area contributed by atoms with Crippen molar-refractivity contribution >= 4 is 23.2 Å². The van der Waals surface area contributed by atoms with Gasteiger partial charge in [-0.05, 0) is 63.2 Å². The Balaban J connectivity index is 1.68. The lowest BCUT2D eigenvalue weighted by atomic mass is 9.58. The van der Waals surface area contributed by atoms with E-state index in [0.717, 1.165) is 12.8 Å². The minimum atomic E-state index is -2.56. The first-order valence-electron chi connectivity index (χ1n) is 14.3. The maximum Gasteiger partial charge on any atom is 0.257 e. The summed E-state index contributed by atoms with van der Waals surface area (Å²) in [4.78, 5) is 46.5. The maximum atomic E-state index is 14.2. The van der Waals surface area contributed by atoms with Gasteiger partial charge in [-0.3, -0.25) is 19.3 Å². The molecular formula is C31H40N4O7. The van der Waals surface area contributed by atoms with Crippen molar-refractivity contribution < 1.29 is 34.8 Å². The van der Waals surface area contributed by atoms with E-state index in [9.17, 15) is 34.8 Å². The number of aliphatic hydroxyl groups excluding tert-OH is 2. The number of phenols is 1. The number of aliphatic hydroxyl groups is 3. The summed E-state index contributed by atoms with van der Waals surface area (Å²) >= 11 is 0. The fourth-order valence-corrected chi connectivity index (χ4v) is 7.32. The number of amides is 1. The minimum Gasteiger partial charge on any atom is -0.510 e. The molecule has 42 heavy (non-hydrogen) atoms. The van der Waals surface area contributed by atoms with Gasteiger partial charge in [0.25, 0.3) is 5.91 Å². The molecule has 0 aromatic heterocycles. The second-order valence-electron chi connectivity index (χ2n) is 12.6. The van der Waals surface area contributed by atoms with E-state index < -0.39 is 52.1 Å². The van der Waals surface area contributed by atoms with Crippen molar-refractivity contribution in [3.63, 3.8) is 0 Å². The van der Waals surface area contributed by atoms with Crippen LogP contribution in [0.5, 0.6) is 5.75 Å². The number of aromatic hydroxyl groups is 1. The first-order valence-corrected chi connectivity index (χ1v) is 14.3. The number of rotatable bonds is 4. The Morgan fingerprint density at radius 1 is 1.12 bits per heavy atom. The van der Waals surface area contributed by atoms with Crippen LogP contribution in [0, 0.1) is 17.8 Å². The summed E-state index contributed by atoms with van der Waals surface area (Å²) in [5.74, 6) is -5.00.